The van der Waals surface area contributed by atoms with Gasteiger partial charge in [-0.2, -0.15) is 0 Å². The maximum atomic E-state index is 5.85. The van der Waals surface area contributed by atoms with E-state index in [1.807, 2.05) is 0 Å². The van der Waals surface area contributed by atoms with Crippen molar-refractivity contribution in [3.8, 4) is 0 Å². The van der Waals surface area contributed by atoms with Gasteiger partial charge in [-0.15, -0.1) is 24.0 Å². The lowest BCUT2D eigenvalue weighted by atomic mass is 10.0. The quantitative estimate of drug-likeness (QED) is 0.204. The van der Waals surface area contributed by atoms with Crippen molar-refractivity contribution in [2.45, 2.75) is 38.8 Å². The van der Waals surface area contributed by atoms with Crippen molar-refractivity contribution < 1.29 is 14.2 Å². The minimum absolute atomic E-state index is 0. The molecule has 2 N–H and O–H groups in total. The molecule has 0 aromatic heterocycles. The fourth-order valence-corrected chi connectivity index (χ4v) is 3.89. The van der Waals surface area contributed by atoms with Crippen molar-refractivity contribution in [2.24, 2.45) is 4.99 Å². The molecule has 31 heavy (non-hydrogen) atoms. The number of ether oxygens (including phenoxy) is 3. The number of nitrogens with zero attached hydrogens (tertiary/aromatic N) is 2. The van der Waals surface area contributed by atoms with Crippen molar-refractivity contribution in [1.29, 1.82) is 0 Å². The monoisotopic (exact) mass is 546 g/mol. The first-order chi connectivity index (χ1) is 14.8. The third-order valence-corrected chi connectivity index (χ3v) is 5.53. The van der Waals surface area contributed by atoms with Gasteiger partial charge >= 0.3 is 0 Å². The van der Waals surface area contributed by atoms with E-state index in [1.165, 1.54) is 11.1 Å². The van der Waals surface area contributed by atoms with Crippen LogP contribution in [-0.4, -0.2) is 82.7 Å². The molecular formula is C23H39IN4O3. The molecule has 0 amide bonds. The van der Waals surface area contributed by atoms with Crippen LogP contribution in [-0.2, 0) is 14.2 Å². The van der Waals surface area contributed by atoms with Gasteiger partial charge in [-0.1, -0.05) is 29.8 Å². The third kappa shape index (κ3) is 9.21. The Morgan fingerprint density at radius 3 is 2.77 bits per heavy atom. The van der Waals surface area contributed by atoms with Crippen LogP contribution in [0.25, 0.3) is 0 Å². The fourth-order valence-electron chi connectivity index (χ4n) is 3.89. The first-order valence-electron chi connectivity index (χ1n) is 11.4. The van der Waals surface area contributed by atoms with E-state index in [2.05, 4.69) is 53.6 Å². The highest BCUT2D eigenvalue weighted by molar-refractivity contribution is 14.0. The Morgan fingerprint density at radius 2 is 2.06 bits per heavy atom. The van der Waals surface area contributed by atoms with E-state index in [1.54, 1.807) is 0 Å². The normalized spacial score (nSPS) is 20.8. The molecule has 1 aromatic carbocycles. The molecule has 176 valence electrons. The molecule has 3 rings (SSSR count). The van der Waals surface area contributed by atoms with Gasteiger partial charge in [0.05, 0.1) is 38.5 Å². The van der Waals surface area contributed by atoms with Crippen molar-refractivity contribution >= 4 is 29.9 Å². The smallest absolute Gasteiger partial charge is 0.191 e. The van der Waals surface area contributed by atoms with E-state index < -0.39 is 0 Å². The van der Waals surface area contributed by atoms with Gasteiger partial charge in [-0.25, -0.2) is 0 Å². The SMILES string of the molecule is CCNC(=NCC(c1cccc(C)c1)N1CCOCC1)NCCCOC1CCOC1.I. The number of aryl methyl sites for hydroxylation is 1. The van der Waals surface area contributed by atoms with E-state index in [4.69, 9.17) is 19.2 Å². The second kappa shape index (κ2) is 15.0. The molecule has 8 heteroatoms. The number of hydrogen-bond donors (Lipinski definition) is 2. The van der Waals surface area contributed by atoms with Crippen LogP contribution in [0, 0.1) is 6.92 Å². The molecule has 2 unspecified atom stereocenters. The van der Waals surface area contributed by atoms with Gasteiger partial charge in [0.1, 0.15) is 0 Å². The second-order valence-electron chi connectivity index (χ2n) is 7.93. The van der Waals surface area contributed by atoms with Crippen LogP contribution in [0.15, 0.2) is 29.3 Å². The number of aliphatic imine (C=N–C) groups is 1. The minimum atomic E-state index is 0. The van der Waals surface area contributed by atoms with Crippen LogP contribution < -0.4 is 10.6 Å². The Hall–Kier alpha value is -0.940. The van der Waals surface area contributed by atoms with Crippen LogP contribution in [0.2, 0.25) is 0 Å². The summed E-state index contributed by atoms with van der Waals surface area (Å²) in [6.45, 7) is 12.4. The van der Waals surface area contributed by atoms with Crippen molar-refractivity contribution in [2.75, 3.05) is 65.8 Å². The minimum Gasteiger partial charge on any atom is -0.379 e. The summed E-state index contributed by atoms with van der Waals surface area (Å²) in [6.07, 6.45) is 2.24. The summed E-state index contributed by atoms with van der Waals surface area (Å²) in [5.74, 6) is 0.868. The van der Waals surface area contributed by atoms with E-state index in [9.17, 15) is 0 Å². The molecule has 2 atom stereocenters. The molecule has 2 aliphatic rings. The molecule has 2 aliphatic heterocycles. The average Bonchev–Trinajstić information content (AvgIpc) is 3.28. The zero-order chi connectivity index (χ0) is 21.0. The second-order valence-corrected chi connectivity index (χ2v) is 7.93. The topological polar surface area (TPSA) is 67.4 Å². The first kappa shape index (κ1) is 26.3. The zero-order valence-corrected chi connectivity index (χ0v) is 21.3. The lowest BCUT2D eigenvalue weighted by Gasteiger charge is -2.34. The number of nitrogens with one attached hydrogen (secondary N) is 2. The standard InChI is InChI=1S/C23H38N4O3.HI/c1-3-24-23(25-9-5-12-30-21-8-13-29-18-21)26-17-22(27-10-14-28-15-11-27)20-7-4-6-19(2)16-20;/h4,6-7,16,21-22H,3,5,8-15,17-18H2,1-2H3,(H2,24,25,26);1H. The van der Waals surface area contributed by atoms with E-state index >= 15 is 0 Å². The summed E-state index contributed by atoms with van der Waals surface area (Å²) in [5, 5.41) is 6.82. The molecule has 2 fully saturated rings. The molecule has 7 nitrogen and oxygen atoms in total. The maximum absolute atomic E-state index is 5.85. The molecule has 0 bridgehead atoms. The molecule has 0 saturated carbocycles. The number of halogens is 1. The Labute approximate surface area is 204 Å². The van der Waals surface area contributed by atoms with Crippen molar-refractivity contribution in [3.63, 3.8) is 0 Å². The number of morpholine rings is 1. The molecule has 1 aromatic rings. The summed E-state index contributed by atoms with van der Waals surface area (Å²) >= 11 is 0. The predicted octanol–water partition coefficient (Wildman–Crippen LogP) is 2.74. The number of benzene rings is 1. The van der Waals surface area contributed by atoms with Crippen molar-refractivity contribution in [3.05, 3.63) is 35.4 Å². The predicted molar refractivity (Wildman–Crippen MR) is 136 cm³/mol. The summed E-state index contributed by atoms with van der Waals surface area (Å²) < 4.78 is 16.8. The van der Waals surface area contributed by atoms with Gasteiger partial charge in [0.15, 0.2) is 5.96 Å². The average molecular weight is 546 g/mol. The molecule has 2 saturated heterocycles. The Balaban J connectivity index is 0.00000341. The highest BCUT2D eigenvalue weighted by Gasteiger charge is 2.22. The zero-order valence-electron chi connectivity index (χ0n) is 19.0. The molecular weight excluding hydrogens is 507 g/mol. The van der Waals surface area contributed by atoms with Crippen LogP contribution in [0.1, 0.15) is 36.9 Å². The van der Waals surface area contributed by atoms with Crippen LogP contribution in [0.5, 0.6) is 0 Å². The van der Waals surface area contributed by atoms with E-state index in [0.717, 1.165) is 78.0 Å². The Bertz CT molecular complexity index is 649. The number of hydrogen-bond acceptors (Lipinski definition) is 5. The first-order valence-corrected chi connectivity index (χ1v) is 11.4. The Morgan fingerprint density at radius 1 is 1.23 bits per heavy atom. The highest BCUT2D eigenvalue weighted by Crippen LogP contribution is 2.23. The fraction of sp³-hybridized carbons (Fsp3) is 0.696. The third-order valence-electron chi connectivity index (χ3n) is 5.53. The lowest BCUT2D eigenvalue weighted by molar-refractivity contribution is 0.0179. The number of guanidine groups is 1. The summed E-state index contributed by atoms with van der Waals surface area (Å²) in [7, 11) is 0. The van der Waals surface area contributed by atoms with Gasteiger partial charge in [0.2, 0.25) is 0 Å². The molecule has 0 aliphatic carbocycles. The Kier molecular flexibility index (Phi) is 12.7. The van der Waals surface area contributed by atoms with Crippen LogP contribution in [0.4, 0.5) is 0 Å². The maximum Gasteiger partial charge on any atom is 0.191 e. The van der Waals surface area contributed by atoms with Crippen LogP contribution in [0.3, 0.4) is 0 Å². The number of rotatable bonds is 10. The van der Waals surface area contributed by atoms with E-state index in [-0.39, 0.29) is 36.1 Å². The van der Waals surface area contributed by atoms with Crippen molar-refractivity contribution in [1.82, 2.24) is 15.5 Å². The van der Waals surface area contributed by atoms with Gasteiger partial charge in [0.25, 0.3) is 0 Å². The molecule has 2 heterocycles. The molecule has 0 spiro atoms. The van der Waals surface area contributed by atoms with Gasteiger partial charge in [-0.05, 0) is 32.3 Å². The summed E-state index contributed by atoms with van der Waals surface area (Å²) in [5.41, 5.74) is 2.61. The largest absolute Gasteiger partial charge is 0.379 e. The van der Waals surface area contributed by atoms with E-state index in [0.29, 0.717) is 6.54 Å². The van der Waals surface area contributed by atoms with Gasteiger partial charge < -0.3 is 24.8 Å². The molecule has 0 radical (unpaired) electrons. The lowest BCUT2D eigenvalue weighted by Crippen LogP contribution is -2.42. The summed E-state index contributed by atoms with van der Waals surface area (Å²) in [6, 6.07) is 9.04. The van der Waals surface area contributed by atoms with Gasteiger partial charge in [-0.3, -0.25) is 9.89 Å². The van der Waals surface area contributed by atoms with Crippen LogP contribution >= 0.6 is 24.0 Å². The van der Waals surface area contributed by atoms with Gasteiger partial charge in [0, 0.05) is 39.4 Å². The summed E-state index contributed by atoms with van der Waals surface area (Å²) in [4.78, 5) is 7.41. The highest BCUT2D eigenvalue weighted by atomic mass is 127.